The van der Waals surface area contributed by atoms with E-state index in [4.69, 9.17) is 0 Å². The van der Waals surface area contributed by atoms with Crippen LogP contribution >= 0.6 is 0 Å². The molecule has 0 amide bonds. The van der Waals surface area contributed by atoms with Gasteiger partial charge in [-0.05, 0) is 25.1 Å². The fourth-order valence-electron chi connectivity index (χ4n) is 1.47. The highest BCUT2D eigenvalue weighted by atomic mass is 32.2. The van der Waals surface area contributed by atoms with Crippen molar-refractivity contribution in [3.8, 4) is 0 Å². The number of nitrogens with zero attached hydrogens (tertiary/aromatic N) is 2. The molecule has 7 heteroatoms. The average molecular weight is 280 g/mol. The maximum absolute atomic E-state index is 12.2. The van der Waals surface area contributed by atoms with E-state index in [-0.39, 0.29) is 10.6 Å². The Morgan fingerprint density at radius 2 is 1.84 bits per heavy atom. The fraction of sp³-hybridized carbons (Fsp3) is 0.167. The number of rotatable bonds is 3. The molecule has 0 aliphatic heterocycles. The van der Waals surface area contributed by atoms with E-state index in [0.29, 0.717) is 0 Å². The maximum Gasteiger partial charge on any atom is 0.358 e. The lowest BCUT2D eigenvalue weighted by molar-refractivity contribution is 0.0594. The van der Waals surface area contributed by atoms with Crippen LogP contribution in [0.15, 0.2) is 41.4 Å². The summed E-state index contributed by atoms with van der Waals surface area (Å²) in [5.41, 5.74) is 0.896. The molecule has 0 saturated carbocycles. The number of ether oxygens (including phenoxy) is 1. The van der Waals surface area contributed by atoms with Crippen molar-refractivity contribution >= 4 is 16.0 Å². The second kappa shape index (κ2) is 4.85. The highest BCUT2D eigenvalue weighted by Crippen LogP contribution is 2.14. The van der Waals surface area contributed by atoms with E-state index < -0.39 is 16.0 Å². The molecule has 19 heavy (non-hydrogen) atoms. The van der Waals surface area contributed by atoms with Gasteiger partial charge in [-0.2, -0.15) is 17.6 Å². The van der Waals surface area contributed by atoms with Gasteiger partial charge in [-0.15, -0.1) is 0 Å². The Balaban J connectivity index is 2.42. The first-order valence-electron chi connectivity index (χ1n) is 5.41. The van der Waals surface area contributed by atoms with Crippen LogP contribution in [0.4, 0.5) is 0 Å². The topological polar surface area (TPSA) is 78.3 Å². The molecule has 0 fully saturated rings. The third kappa shape index (κ3) is 2.50. The lowest BCUT2D eigenvalue weighted by Crippen LogP contribution is -2.15. The third-order valence-electron chi connectivity index (χ3n) is 2.53. The first-order chi connectivity index (χ1) is 8.95. The minimum absolute atomic E-state index is 0.0572. The van der Waals surface area contributed by atoms with Gasteiger partial charge < -0.3 is 4.74 Å². The summed E-state index contributed by atoms with van der Waals surface area (Å²) in [6, 6.07) is 7.65. The molecule has 1 aromatic heterocycles. The molecule has 0 aliphatic carbocycles. The van der Waals surface area contributed by atoms with Crippen LogP contribution in [0.25, 0.3) is 0 Å². The summed E-state index contributed by atoms with van der Waals surface area (Å²) in [7, 11) is -2.57. The van der Waals surface area contributed by atoms with Gasteiger partial charge in [0.2, 0.25) is 0 Å². The van der Waals surface area contributed by atoms with Crippen molar-refractivity contribution in [1.82, 2.24) is 9.19 Å². The zero-order chi connectivity index (χ0) is 14.0. The van der Waals surface area contributed by atoms with E-state index in [0.717, 1.165) is 9.65 Å². The molecule has 0 spiro atoms. The van der Waals surface area contributed by atoms with E-state index in [2.05, 4.69) is 9.84 Å². The number of aromatic nitrogens is 2. The van der Waals surface area contributed by atoms with Gasteiger partial charge in [0.1, 0.15) is 0 Å². The molecule has 100 valence electrons. The maximum atomic E-state index is 12.2. The Morgan fingerprint density at radius 1 is 1.21 bits per heavy atom. The Labute approximate surface area is 110 Å². The number of hydrogen-bond donors (Lipinski definition) is 0. The smallest absolute Gasteiger partial charge is 0.358 e. The second-order valence-electron chi connectivity index (χ2n) is 3.88. The Morgan fingerprint density at radius 3 is 2.42 bits per heavy atom. The van der Waals surface area contributed by atoms with Gasteiger partial charge in [0.25, 0.3) is 10.0 Å². The zero-order valence-corrected chi connectivity index (χ0v) is 11.2. The van der Waals surface area contributed by atoms with E-state index in [1.54, 1.807) is 12.1 Å². The molecule has 0 N–H and O–H groups in total. The van der Waals surface area contributed by atoms with Gasteiger partial charge in [-0.25, -0.2) is 4.79 Å². The number of aryl methyl sites for hydroxylation is 1. The predicted octanol–water partition coefficient (Wildman–Crippen LogP) is 1.22. The average Bonchev–Trinajstić information content (AvgIpc) is 2.88. The molecule has 6 nitrogen and oxygen atoms in total. The zero-order valence-electron chi connectivity index (χ0n) is 10.4. The summed E-state index contributed by atoms with van der Waals surface area (Å²) in [6.07, 6.45) is 1.21. The number of benzene rings is 1. The Hall–Kier alpha value is -2.15. The molecule has 1 aromatic carbocycles. The standard InChI is InChI=1S/C12H12N2O4S/c1-9-3-5-10(6-4-9)19(16,17)14-8-7-11(13-14)12(15)18-2/h3-8H,1-2H3. The molecular weight excluding hydrogens is 268 g/mol. The molecule has 0 unspecified atom stereocenters. The van der Waals surface area contributed by atoms with Crippen LogP contribution in [0.3, 0.4) is 0 Å². The van der Waals surface area contributed by atoms with Crippen molar-refractivity contribution < 1.29 is 17.9 Å². The first-order valence-corrected chi connectivity index (χ1v) is 6.85. The van der Waals surface area contributed by atoms with Gasteiger partial charge >= 0.3 is 5.97 Å². The van der Waals surface area contributed by atoms with Crippen LogP contribution in [-0.2, 0) is 14.8 Å². The van der Waals surface area contributed by atoms with Gasteiger partial charge in [0.05, 0.1) is 12.0 Å². The quantitative estimate of drug-likeness (QED) is 0.790. The van der Waals surface area contributed by atoms with E-state index in [9.17, 15) is 13.2 Å². The van der Waals surface area contributed by atoms with Crippen molar-refractivity contribution in [2.24, 2.45) is 0 Å². The molecule has 2 rings (SSSR count). The second-order valence-corrected chi connectivity index (χ2v) is 5.68. The summed E-state index contributed by atoms with van der Waals surface area (Å²) in [5, 5.41) is 3.71. The van der Waals surface area contributed by atoms with E-state index >= 15 is 0 Å². The van der Waals surface area contributed by atoms with E-state index in [1.807, 2.05) is 6.92 Å². The summed E-state index contributed by atoms with van der Waals surface area (Å²) in [6.45, 7) is 1.86. The molecule has 0 aliphatic rings. The molecule has 2 aromatic rings. The summed E-state index contributed by atoms with van der Waals surface area (Å²) < 4.78 is 29.7. The number of carbonyl (C=O) groups is 1. The lowest BCUT2D eigenvalue weighted by atomic mass is 10.2. The van der Waals surface area contributed by atoms with Gasteiger partial charge in [0, 0.05) is 6.20 Å². The molecule has 0 bridgehead atoms. The Bertz CT molecular complexity index is 702. The predicted molar refractivity (Wildman–Crippen MR) is 67.3 cm³/mol. The number of carbonyl (C=O) groups excluding carboxylic acids is 1. The van der Waals surface area contributed by atoms with Crippen LogP contribution < -0.4 is 0 Å². The van der Waals surface area contributed by atoms with E-state index in [1.165, 1.54) is 31.5 Å². The SMILES string of the molecule is COC(=O)c1ccn(S(=O)(=O)c2ccc(C)cc2)n1. The lowest BCUT2D eigenvalue weighted by Gasteiger charge is -2.04. The molecular formula is C12H12N2O4S. The molecule has 0 saturated heterocycles. The monoisotopic (exact) mass is 280 g/mol. The fourth-order valence-corrected chi connectivity index (χ4v) is 2.59. The largest absolute Gasteiger partial charge is 0.464 e. The first kappa shape index (κ1) is 13.3. The number of hydrogen-bond acceptors (Lipinski definition) is 5. The number of methoxy groups -OCH3 is 1. The van der Waals surface area contributed by atoms with Crippen LogP contribution in [-0.4, -0.2) is 30.7 Å². The van der Waals surface area contributed by atoms with Gasteiger partial charge in [-0.1, -0.05) is 17.7 Å². The van der Waals surface area contributed by atoms with Crippen molar-refractivity contribution in [1.29, 1.82) is 0 Å². The summed E-state index contributed by atoms with van der Waals surface area (Å²) in [5.74, 6) is -0.683. The van der Waals surface area contributed by atoms with Gasteiger partial charge in [0.15, 0.2) is 5.69 Å². The molecule has 0 atom stereocenters. The third-order valence-corrected chi connectivity index (χ3v) is 4.09. The normalized spacial score (nSPS) is 11.3. The van der Waals surface area contributed by atoms with Crippen LogP contribution in [0.5, 0.6) is 0 Å². The molecule has 1 heterocycles. The van der Waals surface area contributed by atoms with Crippen LogP contribution in [0.2, 0.25) is 0 Å². The van der Waals surface area contributed by atoms with Crippen molar-refractivity contribution in [3.63, 3.8) is 0 Å². The van der Waals surface area contributed by atoms with Crippen molar-refractivity contribution in [3.05, 3.63) is 47.8 Å². The minimum atomic E-state index is -3.78. The highest BCUT2D eigenvalue weighted by Gasteiger charge is 2.20. The Kier molecular flexibility index (Phi) is 3.39. The minimum Gasteiger partial charge on any atom is -0.464 e. The van der Waals surface area contributed by atoms with Crippen molar-refractivity contribution in [2.45, 2.75) is 11.8 Å². The van der Waals surface area contributed by atoms with Crippen LogP contribution in [0, 0.1) is 6.92 Å². The summed E-state index contributed by atoms with van der Waals surface area (Å²) >= 11 is 0. The van der Waals surface area contributed by atoms with Crippen molar-refractivity contribution in [2.75, 3.05) is 7.11 Å². The van der Waals surface area contributed by atoms with Gasteiger partial charge in [-0.3, -0.25) is 0 Å². The molecule has 0 radical (unpaired) electrons. The number of esters is 1. The highest BCUT2D eigenvalue weighted by molar-refractivity contribution is 7.89. The van der Waals surface area contributed by atoms with Crippen LogP contribution in [0.1, 0.15) is 16.1 Å². The summed E-state index contributed by atoms with van der Waals surface area (Å²) in [4.78, 5) is 11.4.